The van der Waals surface area contributed by atoms with E-state index in [2.05, 4.69) is 5.32 Å². The van der Waals surface area contributed by atoms with Crippen molar-refractivity contribution < 1.29 is 33.4 Å². The van der Waals surface area contributed by atoms with Crippen LogP contribution in [0.5, 0.6) is 5.75 Å². The molecule has 0 radical (unpaired) electrons. The Bertz CT molecular complexity index is 1160. The molecule has 0 aromatic heterocycles. The van der Waals surface area contributed by atoms with Crippen molar-refractivity contribution >= 4 is 35.7 Å². The fourth-order valence-electron chi connectivity index (χ4n) is 3.16. The largest absolute Gasteiger partial charge is 0.466 e. The molecule has 0 aliphatic rings. The second kappa shape index (κ2) is 14.2. The van der Waals surface area contributed by atoms with Crippen molar-refractivity contribution in [3.05, 3.63) is 70.8 Å². The summed E-state index contributed by atoms with van der Waals surface area (Å²) < 4.78 is 15.2. The number of amides is 1. The molecule has 0 spiro atoms. The third-order valence-electron chi connectivity index (χ3n) is 5.07. The molecule has 2 aromatic rings. The van der Waals surface area contributed by atoms with Gasteiger partial charge in [-0.3, -0.25) is 15.0 Å². The van der Waals surface area contributed by atoms with Gasteiger partial charge in [-0.25, -0.2) is 9.59 Å². The van der Waals surface area contributed by atoms with Crippen LogP contribution in [-0.4, -0.2) is 48.9 Å². The number of amidine groups is 1. The van der Waals surface area contributed by atoms with E-state index in [0.717, 1.165) is 0 Å². The van der Waals surface area contributed by atoms with Gasteiger partial charge in [0.15, 0.2) is 0 Å². The molecule has 0 heterocycles. The van der Waals surface area contributed by atoms with Gasteiger partial charge in [-0.1, -0.05) is 12.1 Å². The number of carbonyl (C=O) groups is 4. The Balaban J connectivity index is 2.03. The topological polar surface area (TPSA) is 158 Å². The van der Waals surface area contributed by atoms with Gasteiger partial charge in [0.25, 0.3) is 5.91 Å². The molecule has 1 amide bonds. The Labute approximate surface area is 215 Å². The van der Waals surface area contributed by atoms with Crippen molar-refractivity contribution in [1.29, 1.82) is 5.41 Å². The number of ether oxygens (including phenoxy) is 3. The quantitative estimate of drug-likeness (QED) is 0.130. The van der Waals surface area contributed by atoms with E-state index in [4.69, 9.17) is 25.4 Å². The number of rotatable bonds is 12. The number of hydrogen-bond donors (Lipinski definition) is 3. The minimum Gasteiger partial charge on any atom is -0.466 e. The fourth-order valence-corrected chi connectivity index (χ4v) is 3.16. The van der Waals surface area contributed by atoms with Crippen LogP contribution in [-0.2, 0) is 23.9 Å². The smallest absolute Gasteiger partial charge is 0.339 e. The predicted octanol–water partition coefficient (Wildman–Crippen LogP) is 2.98. The Kier molecular flexibility index (Phi) is 11.0. The standard InChI is InChI=1S/C27H31N3O7/c1-4-35-23(31)15-14-22(27(34)36-5-2)30-25(32)20-8-6-18(7-9-20)16-17(3)26(33)37-21-12-10-19(11-13-21)24(28)29/h6-13,16,22H,4-5,14-15H2,1-3H3,(H3,28,29)(H,30,32)/b17-16+/t22-/m0/s1. The van der Waals surface area contributed by atoms with Gasteiger partial charge in [-0.2, -0.15) is 0 Å². The fraction of sp³-hybridized carbons (Fsp3) is 0.296. The van der Waals surface area contributed by atoms with Crippen LogP contribution >= 0.6 is 0 Å². The zero-order chi connectivity index (χ0) is 27.4. The van der Waals surface area contributed by atoms with E-state index in [1.165, 1.54) is 0 Å². The molecule has 0 saturated heterocycles. The van der Waals surface area contributed by atoms with Crippen LogP contribution in [0.25, 0.3) is 6.08 Å². The van der Waals surface area contributed by atoms with Crippen LogP contribution in [0.1, 0.15) is 55.1 Å². The Morgan fingerprint density at radius 2 is 1.54 bits per heavy atom. The number of esters is 3. The van der Waals surface area contributed by atoms with Crippen LogP contribution in [0.3, 0.4) is 0 Å². The summed E-state index contributed by atoms with van der Waals surface area (Å²) in [5.74, 6) is -1.94. The molecule has 10 nitrogen and oxygen atoms in total. The van der Waals surface area contributed by atoms with Crippen LogP contribution < -0.4 is 15.8 Å². The first-order chi connectivity index (χ1) is 17.6. The highest BCUT2D eigenvalue weighted by atomic mass is 16.5. The molecule has 0 fully saturated rings. The maximum Gasteiger partial charge on any atom is 0.339 e. The van der Waals surface area contributed by atoms with Gasteiger partial charge in [0, 0.05) is 23.1 Å². The summed E-state index contributed by atoms with van der Waals surface area (Å²) in [6, 6.07) is 11.6. The predicted molar refractivity (Wildman–Crippen MR) is 137 cm³/mol. The lowest BCUT2D eigenvalue weighted by molar-refractivity contribution is -0.147. The number of nitrogens with one attached hydrogen (secondary N) is 2. The first-order valence-corrected chi connectivity index (χ1v) is 11.7. The van der Waals surface area contributed by atoms with Gasteiger partial charge in [-0.15, -0.1) is 0 Å². The summed E-state index contributed by atoms with van der Waals surface area (Å²) in [5.41, 5.74) is 7.20. The van der Waals surface area contributed by atoms with Crippen molar-refractivity contribution in [2.24, 2.45) is 5.73 Å². The van der Waals surface area contributed by atoms with Gasteiger partial charge in [0.05, 0.1) is 13.2 Å². The number of nitrogens with two attached hydrogens (primary N) is 1. The second-order valence-electron chi connectivity index (χ2n) is 7.90. The zero-order valence-electron chi connectivity index (χ0n) is 21.0. The van der Waals surface area contributed by atoms with E-state index < -0.39 is 29.9 Å². The molecule has 2 aromatic carbocycles. The summed E-state index contributed by atoms with van der Waals surface area (Å²) in [5, 5.41) is 10.00. The second-order valence-corrected chi connectivity index (χ2v) is 7.90. The molecule has 4 N–H and O–H groups in total. The molecular weight excluding hydrogens is 478 g/mol. The SMILES string of the molecule is CCOC(=O)CC[C@H](NC(=O)c1ccc(/C=C(\C)C(=O)Oc2ccc(C(=N)N)cc2)cc1)C(=O)OCC. The van der Waals surface area contributed by atoms with Gasteiger partial charge < -0.3 is 25.3 Å². The molecule has 0 aliphatic heterocycles. The van der Waals surface area contributed by atoms with E-state index in [1.54, 1.807) is 75.4 Å². The molecule has 37 heavy (non-hydrogen) atoms. The molecule has 1 atom stereocenters. The normalized spacial score (nSPS) is 11.7. The van der Waals surface area contributed by atoms with Crippen LogP contribution in [0.15, 0.2) is 54.1 Å². The Morgan fingerprint density at radius 1 is 0.946 bits per heavy atom. The first kappa shape index (κ1) is 28.8. The summed E-state index contributed by atoms with van der Waals surface area (Å²) in [7, 11) is 0. The maximum atomic E-state index is 12.7. The average molecular weight is 510 g/mol. The molecule has 0 unspecified atom stereocenters. The molecule has 10 heteroatoms. The van der Waals surface area contributed by atoms with Crippen molar-refractivity contribution in [3.63, 3.8) is 0 Å². The number of carbonyl (C=O) groups excluding carboxylic acids is 4. The van der Waals surface area contributed by atoms with Gasteiger partial charge in [0.2, 0.25) is 0 Å². The molecule has 0 saturated carbocycles. The van der Waals surface area contributed by atoms with Crippen LogP contribution in [0.4, 0.5) is 0 Å². The lowest BCUT2D eigenvalue weighted by Gasteiger charge is -2.17. The van der Waals surface area contributed by atoms with Crippen molar-refractivity contribution in [1.82, 2.24) is 5.32 Å². The minimum absolute atomic E-state index is 0.0441. The molecule has 0 aliphatic carbocycles. The van der Waals surface area contributed by atoms with E-state index in [9.17, 15) is 19.2 Å². The highest BCUT2D eigenvalue weighted by molar-refractivity contribution is 5.98. The third-order valence-corrected chi connectivity index (χ3v) is 5.07. The highest BCUT2D eigenvalue weighted by Crippen LogP contribution is 2.16. The number of nitrogen functional groups attached to an aromatic ring is 1. The minimum atomic E-state index is -1.00. The van der Waals surface area contributed by atoms with E-state index in [1.807, 2.05) is 0 Å². The Hall–Kier alpha value is -4.47. The third kappa shape index (κ3) is 9.25. The average Bonchev–Trinajstić information content (AvgIpc) is 2.87. The maximum absolute atomic E-state index is 12.7. The monoisotopic (exact) mass is 509 g/mol. The van der Waals surface area contributed by atoms with Gasteiger partial charge >= 0.3 is 17.9 Å². The highest BCUT2D eigenvalue weighted by Gasteiger charge is 2.24. The summed E-state index contributed by atoms with van der Waals surface area (Å²) in [4.78, 5) is 49.0. The van der Waals surface area contributed by atoms with Gasteiger partial charge in [0.1, 0.15) is 17.6 Å². The zero-order valence-corrected chi connectivity index (χ0v) is 21.0. The molecule has 196 valence electrons. The van der Waals surface area contributed by atoms with Crippen molar-refractivity contribution in [2.45, 2.75) is 39.7 Å². The Morgan fingerprint density at radius 3 is 2.11 bits per heavy atom. The summed E-state index contributed by atoms with van der Waals surface area (Å²) in [6.45, 7) is 5.29. The first-order valence-electron chi connectivity index (χ1n) is 11.7. The van der Waals surface area contributed by atoms with Gasteiger partial charge in [-0.05, 0) is 75.2 Å². The van der Waals surface area contributed by atoms with E-state index in [-0.39, 0.29) is 37.5 Å². The van der Waals surface area contributed by atoms with Crippen LogP contribution in [0.2, 0.25) is 0 Å². The lowest BCUT2D eigenvalue weighted by Crippen LogP contribution is -2.42. The summed E-state index contributed by atoms with van der Waals surface area (Å²) in [6.07, 6.45) is 1.61. The number of hydrogen-bond acceptors (Lipinski definition) is 8. The lowest BCUT2D eigenvalue weighted by atomic mass is 10.1. The van der Waals surface area contributed by atoms with Crippen LogP contribution in [0, 0.1) is 5.41 Å². The van der Waals surface area contributed by atoms with Crippen molar-refractivity contribution in [3.8, 4) is 5.75 Å². The molecule has 0 bridgehead atoms. The van der Waals surface area contributed by atoms with E-state index >= 15 is 0 Å². The number of benzene rings is 2. The molecule has 2 rings (SSSR count). The van der Waals surface area contributed by atoms with Crippen molar-refractivity contribution in [2.75, 3.05) is 13.2 Å². The molecular formula is C27H31N3O7. The van der Waals surface area contributed by atoms with E-state index in [0.29, 0.717) is 22.4 Å². The summed E-state index contributed by atoms with van der Waals surface area (Å²) >= 11 is 0.